The van der Waals surface area contributed by atoms with Gasteiger partial charge in [-0.1, -0.05) is 42.5 Å². The summed E-state index contributed by atoms with van der Waals surface area (Å²) in [6.07, 6.45) is 12.4. The molecule has 0 radical (unpaired) electrons. The average molecular weight is 401 g/mol. The first kappa shape index (κ1) is 22.9. The van der Waals surface area contributed by atoms with Gasteiger partial charge in [-0.15, -0.1) is 0 Å². The topological polar surface area (TPSA) is 72.8 Å². The molecule has 1 aromatic rings. The molecule has 0 spiro atoms. The number of hydrogen-bond donors (Lipinski definition) is 1. The molecule has 1 saturated carbocycles. The number of carbonyl (C=O) groups excluding carboxylic acids is 2. The number of ketones is 1. The minimum absolute atomic E-state index is 0.0389. The van der Waals surface area contributed by atoms with Crippen LogP contribution < -0.4 is 4.74 Å². The number of unbranched alkanes of at least 4 members (excludes halogenated alkanes) is 1. The first-order valence-corrected chi connectivity index (χ1v) is 10.4. The van der Waals surface area contributed by atoms with Gasteiger partial charge >= 0.3 is 5.97 Å². The summed E-state index contributed by atoms with van der Waals surface area (Å²) >= 11 is 0. The van der Waals surface area contributed by atoms with E-state index in [0.717, 1.165) is 31.4 Å². The van der Waals surface area contributed by atoms with Crippen LogP contribution in [0, 0.1) is 11.8 Å². The van der Waals surface area contributed by atoms with Crippen molar-refractivity contribution in [1.82, 2.24) is 0 Å². The van der Waals surface area contributed by atoms with Crippen LogP contribution in [0.5, 0.6) is 5.75 Å². The predicted octanol–water partition coefficient (Wildman–Crippen LogP) is 4.26. The molecule has 5 heteroatoms. The van der Waals surface area contributed by atoms with E-state index in [4.69, 9.17) is 4.74 Å². The SMILES string of the molecule is COC(=O)CC/C=C\CCC[C@H]1C(=O)CC[C@@H]1/C=C/[C@H](O)COc1ccccc1. The van der Waals surface area contributed by atoms with Crippen LogP contribution in [0.25, 0.3) is 0 Å². The van der Waals surface area contributed by atoms with E-state index in [1.165, 1.54) is 7.11 Å². The Labute approximate surface area is 173 Å². The fourth-order valence-corrected chi connectivity index (χ4v) is 3.56. The van der Waals surface area contributed by atoms with E-state index in [1.54, 1.807) is 6.08 Å². The zero-order valence-electron chi connectivity index (χ0n) is 17.2. The van der Waals surface area contributed by atoms with Crippen LogP contribution in [0.1, 0.15) is 44.9 Å². The number of allylic oxidation sites excluding steroid dienone is 3. The van der Waals surface area contributed by atoms with Gasteiger partial charge in [0, 0.05) is 18.8 Å². The standard InChI is InChI=1S/C24H32O5/c1-28-24(27)13-9-4-2-3-8-12-22-19(15-17-23(22)26)14-16-20(25)18-29-21-10-6-5-7-11-21/h2,4-7,10-11,14,16,19-20,22,25H,3,8-9,12-13,15,17-18H2,1H3/b4-2-,16-14+/t19-,20-,22+/m0/s1. The van der Waals surface area contributed by atoms with Crippen molar-refractivity contribution in [3.8, 4) is 5.75 Å². The number of esters is 1. The van der Waals surface area contributed by atoms with Gasteiger partial charge in [0.25, 0.3) is 0 Å². The highest BCUT2D eigenvalue weighted by atomic mass is 16.5. The molecule has 29 heavy (non-hydrogen) atoms. The zero-order chi connectivity index (χ0) is 20.9. The summed E-state index contributed by atoms with van der Waals surface area (Å²) in [4.78, 5) is 23.3. The van der Waals surface area contributed by atoms with Crippen molar-refractivity contribution >= 4 is 11.8 Å². The second kappa shape index (κ2) is 12.9. The lowest BCUT2D eigenvalue weighted by Crippen LogP contribution is -2.17. The van der Waals surface area contributed by atoms with Gasteiger partial charge < -0.3 is 14.6 Å². The van der Waals surface area contributed by atoms with Gasteiger partial charge in [0.15, 0.2) is 0 Å². The van der Waals surface area contributed by atoms with Gasteiger partial charge in [-0.25, -0.2) is 0 Å². The number of aliphatic hydroxyl groups excluding tert-OH is 1. The maximum atomic E-state index is 12.2. The Bertz CT molecular complexity index is 680. The molecule has 1 N–H and O–H groups in total. The van der Waals surface area contributed by atoms with Crippen molar-refractivity contribution < 1.29 is 24.2 Å². The van der Waals surface area contributed by atoms with Crippen molar-refractivity contribution in [1.29, 1.82) is 0 Å². The van der Waals surface area contributed by atoms with Gasteiger partial charge in [0.05, 0.1) is 7.11 Å². The van der Waals surface area contributed by atoms with Crippen molar-refractivity contribution in [3.05, 3.63) is 54.6 Å². The number of para-hydroxylation sites is 1. The van der Waals surface area contributed by atoms with Crippen LogP contribution in [-0.4, -0.2) is 36.7 Å². The minimum atomic E-state index is -0.690. The zero-order valence-corrected chi connectivity index (χ0v) is 17.2. The molecule has 5 nitrogen and oxygen atoms in total. The molecule has 158 valence electrons. The van der Waals surface area contributed by atoms with Crippen molar-refractivity contribution in [2.75, 3.05) is 13.7 Å². The number of rotatable bonds is 12. The van der Waals surface area contributed by atoms with E-state index in [1.807, 2.05) is 42.5 Å². The molecule has 1 aliphatic rings. The fraction of sp³-hybridized carbons (Fsp3) is 0.500. The summed E-state index contributed by atoms with van der Waals surface area (Å²) in [7, 11) is 1.39. The third-order valence-corrected chi connectivity index (χ3v) is 5.19. The number of methoxy groups -OCH3 is 1. The van der Waals surface area contributed by atoms with Crippen molar-refractivity contribution in [2.45, 2.75) is 51.0 Å². The molecule has 0 aliphatic heterocycles. The summed E-state index contributed by atoms with van der Waals surface area (Å²) in [6, 6.07) is 9.40. The van der Waals surface area contributed by atoms with Crippen molar-refractivity contribution in [2.24, 2.45) is 11.8 Å². The smallest absolute Gasteiger partial charge is 0.305 e. The quantitative estimate of drug-likeness (QED) is 0.322. The average Bonchev–Trinajstić information content (AvgIpc) is 3.10. The van der Waals surface area contributed by atoms with E-state index < -0.39 is 6.10 Å². The molecule has 3 atom stereocenters. The molecule has 1 fully saturated rings. The molecule has 0 amide bonds. The number of Topliss-reactive ketones (excluding diaryl/α,β-unsaturated/α-hetero) is 1. The van der Waals surface area contributed by atoms with Crippen LogP contribution >= 0.6 is 0 Å². The normalized spacial score (nSPS) is 20.4. The molecule has 0 heterocycles. The maximum Gasteiger partial charge on any atom is 0.305 e. The minimum Gasteiger partial charge on any atom is -0.491 e. The number of aliphatic hydroxyl groups is 1. The van der Waals surface area contributed by atoms with Gasteiger partial charge in [-0.2, -0.15) is 0 Å². The Hall–Kier alpha value is -2.40. The first-order chi connectivity index (χ1) is 14.1. The number of benzene rings is 1. The third-order valence-electron chi connectivity index (χ3n) is 5.19. The van der Waals surface area contributed by atoms with Crippen LogP contribution in [0.4, 0.5) is 0 Å². The van der Waals surface area contributed by atoms with E-state index in [0.29, 0.717) is 25.0 Å². The van der Waals surface area contributed by atoms with E-state index in [9.17, 15) is 14.7 Å². The summed E-state index contributed by atoms with van der Waals surface area (Å²) in [6.45, 7) is 0.197. The van der Waals surface area contributed by atoms with Crippen LogP contribution in [0.3, 0.4) is 0 Å². The molecule has 0 bridgehead atoms. The van der Waals surface area contributed by atoms with Gasteiger partial charge in [0.2, 0.25) is 0 Å². The van der Waals surface area contributed by atoms with Gasteiger partial charge in [-0.3, -0.25) is 9.59 Å². The third kappa shape index (κ3) is 8.65. The highest BCUT2D eigenvalue weighted by Crippen LogP contribution is 2.33. The maximum absolute atomic E-state index is 12.2. The highest BCUT2D eigenvalue weighted by molar-refractivity contribution is 5.83. The monoisotopic (exact) mass is 400 g/mol. The fourth-order valence-electron chi connectivity index (χ4n) is 3.56. The predicted molar refractivity (Wildman–Crippen MR) is 113 cm³/mol. The molecule has 1 aliphatic carbocycles. The Morgan fingerprint density at radius 3 is 2.76 bits per heavy atom. The van der Waals surface area contributed by atoms with E-state index in [-0.39, 0.29) is 24.4 Å². The van der Waals surface area contributed by atoms with Gasteiger partial charge in [-0.05, 0) is 50.2 Å². The molecular weight excluding hydrogens is 368 g/mol. The number of hydrogen-bond acceptors (Lipinski definition) is 5. The lowest BCUT2D eigenvalue weighted by molar-refractivity contribution is -0.140. The Morgan fingerprint density at radius 1 is 1.24 bits per heavy atom. The van der Waals surface area contributed by atoms with Crippen LogP contribution in [0.2, 0.25) is 0 Å². The summed E-state index contributed by atoms with van der Waals surface area (Å²) in [5, 5.41) is 10.1. The first-order valence-electron chi connectivity index (χ1n) is 10.4. The van der Waals surface area contributed by atoms with Crippen LogP contribution in [0.15, 0.2) is 54.6 Å². The molecule has 0 unspecified atom stereocenters. The molecule has 0 saturated heterocycles. The Kier molecular flexibility index (Phi) is 10.2. The Balaban J connectivity index is 1.69. The largest absolute Gasteiger partial charge is 0.491 e. The number of carbonyl (C=O) groups is 2. The lowest BCUT2D eigenvalue weighted by Gasteiger charge is -2.15. The second-order valence-electron chi connectivity index (χ2n) is 7.37. The van der Waals surface area contributed by atoms with Crippen molar-refractivity contribution in [3.63, 3.8) is 0 Å². The van der Waals surface area contributed by atoms with E-state index >= 15 is 0 Å². The summed E-state index contributed by atoms with van der Waals surface area (Å²) in [5.41, 5.74) is 0. The molecular formula is C24H32O5. The Morgan fingerprint density at radius 2 is 2.00 bits per heavy atom. The summed E-state index contributed by atoms with van der Waals surface area (Å²) in [5.74, 6) is 1.09. The van der Waals surface area contributed by atoms with Gasteiger partial charge in [0.1, 0.15) is 24.2 Å². The summed E-state index contributed by atoms with van der Waals surface area (Å²) < 4.78 is 10.2. The lowest BCUT2D eigenvalue weighted by atomic mass is 9.90. The molecule has 2 rings (SSSR count). The second-order valence-corrected chi connectivity index (χ2v) is 7.37. The van der Waals surface area contributed by atoms with Crippen LogP contribution in [-0.2, 0) is 14.3 Å². The molecule has 1 aromatic carbocycles. The highest BCUT2D eigenvalue weighted by Gasteiger charge is 2.32. The molecule has 0 aromatic heterocycles. The van der Waals surface area contributed by atoms with E-state index in [2.05, 4.69) is 10.8 Å². The number of ether oxygens (including phenoxy) is 2.